The van der Waals surface area contributed by atoms with E-state index in [1.165, 1.54) is 0 Å². The minimum absolute atomic E-state index is 0.714. The van der Waals surface area contributed by atoms with Crippen molar-refractivity contribution in [3.05, 3.63) is 34.9 Å². The van der Waals surface area contributed by atoms with Crippen molar-refractivity contribution in [2.45, 2.75) is 0 Å². The second kappa shape index (κ2) is 3.98. The molecule has 0 amide bonds. The predicted molar refractivity (Wildman–Crippen MR) is 48.1 cm³/mol. The van der Waals surface area contributed by atoms with Gasteiger partial charge in [-0.3, -0.25) is 0 Å². The van der Waals surface area contributed by atoms with Gasteiger partial charge in [0.2, 0.25) is 0 Å². The monoisotopic (exact) mass is 168 g/mol. The van der Waals surface area contributed by atoms with Gasteiger partial charge in [0, 0.05) is 17.6 Å². The molecule has 0 saturated carbocycles. The SMILES string of the molecule is CN/N=C/c1ccccc1Cl. The van der Waals surface area contributed by atoms with Crippen LogP contribution in [-0.2, 0) is 0 Å². The number of hydrogen-bond donors (Lipinski definition) is 1. The first kappa shape index (κ1) is 8.08. The van der Waals surface area contributed by atoms with Gasteiger partial charge in [-0.15, -0.1) is 0 Å². The van der Waals surface area contributed by atoms with Crippen molar-refractivity contribution in [3.8, 4) is 0 Å². The van der Waals surface area contributed by atoms with Gasteiger partial charge in [-0.2, -0.15) is 5.10 Å². The molecule has 11 heavy (non-hydrogen) atoms. The highest BCUT2D eigenvalue weighted by Gasteiger charge is 1.92. The van der Waals surface area contributed by atoms with Crippen LogP contribution in [0.25, 0.3) is 0 Å². The average molecular weight is 169 g/mol. The Labute approximate surface area is 70.9 Å². The zero-order chi connectivity index (χ0) is 8.10. The quantitative estimate of drug-likeness (QED) is 0.530. The molecule has 3 heteroatoms. The minimum Gasteiger partial charge on any atom is -0.313 e. The molecule has 0 aliphatic carbocycles. The molecule has 0 aliphatic rings. The Kier molecular flexibility index (Phi) is 2.93. The topological polar surface area (TPSA) is 24.4 Å². The largest absolute Gasteiger partial charge is 0.313 e. The Morgan fingerprint density at radius 1 is 1.45 bits per heavy atom. The van der Waals surface area contributed by atoms with E-state index in [0.717, 1.165) is 5.56 Å². The summed E-state index contributed by atoms with van der Waals surface area (Å²) in [5.74, 6) is 0. The molecule has 0 bridgehead atoms. The van der Waals surface area contributed by atoms with Crippen LogP contribution in [0.1, 0.15) is 5.56 Å². The van der Waals surface area contributed by atoms with Crippen LogP contribution in [0, 0.1) is 0 Å². The van der Waals surface area contributed by atoms with Crippen molar-refractivity contribution in [1.82, 2.24) is 5.43 Å². The summed E-state index contributed by atoms with van der Waals surface area (Å²) in [6, 6.07) is 7.55. The fourth-order valence-corrected chi connectivity index (χ4v) is 0.898. The van der Waals surface area contributed by atoms with E-state index in [2.05, 4.69) is 10.5 Å². The van der Waals surface area contributed by atoms with Crippen molar-refractivity contribution < 1.29 is 0 Å². The average Bonchev–Trinajstić information content (AvgIpc) is 2.03. The molecular weight excluding hydrogens is 160 g/mol. The molecule has 58 valence electrons. The lowest BCUT2D eigenvalue weighted by Gasteiger charge is -1.94. The third-order valence-corrected chi connectivity index (χ3v) is 1.58. The number of nitrogens with zero attached hydrogens (tertiary/aromatic N) is 1. The highest BCUT2D eigenvalue weighted by atomic mass is 35.5. The number of halogens is 1. The predicted octanol–water partition coefficient (Wildman–Crippen LogP) is 1.89. The summed E-state index contributed by atoms with van der Waals surface area (Å²) >= 11 is 5.84. The summed E-state index contributed by atoms with van der Waals surface area (Å²) in [5, 5.41) is 4.56. The first-order chi connectivity index (χ1) is 5.34. The van der Waals surface area contributed by atoms with Gasteiger partial charge < -0.3 is 5.43 Å². The second-order valence-electron chi connectivity index (χ2n) is 2.00. The zero-order valence-electron chi connectivity index (χ0n) is 6.21. The maximum Gasteiger partial charge on any atom is 0.0555 e. The Balaban J connectivity index is 2.86. The van der Waals surface area contributed by atoms with Crippen molar-refractivity contribution >= 4 is 17.8 Å². The molecule has 0 spiro atoms. The lowest BCUT2D eigenvalue weighted by Crippen LogP contribution is -1.94. The summed E-state index contributed by atoms with van der Waals surface area (Å²) in [7, 11) is 1.74. The molecular formula is C8H9ClN2. The van der Waals surface area contributed by atoms with Gasteiger partial charge in [0.1, 0.15) is 0 Å². The lowest BCUT2D eigenvalue weighted by atomic mass is 10.2. The van der Waals surface area contributed by atoms with E-state index in [4.69, 9.17) is 11.6 Å². The highest BCUT2D eigenvalue weighted by molar-refractivity contribution is 6.33. The van der Waals surface area contributed by atoms with Crippen molar-refractivity contribution in [3.63, 3.8) is 0 Å². The van der Waals surface area contributed by atoms with Crippen molar-refractivity contribution in [2.75, 3.05) is 7.05 Å². The van der Waals surface area contributed by atoms with E-state index < -0.39 is 0 Å². The molecule has 0 aromatic heterocycles. The molecule has 0 unspecified atom stereocenters. The van der Waals surface area contributed by atoms with Crippen LogP contribution >= 0.6 is 11.6 Å². The fraction of sp³-hybridized carbons (Fsp3) is 0.125. The number of hydrogen-bond acceptors (Lipinski definition) is 2. The first-order valence-electron chi connectivity index (χ1n) is 3.29. The summed E-state index contributed by atoms with van der Waals surface area (Å²) in [4.78, 5) is 0. The number of rotatable bonds is 2. The summed E-state index contributed by atoms with van der Waals surface area (Å²) in [6.45, 7) is 0. The maximum absolute atomic E-state index is 5.84. The van der Waals surface area contributed by atoms with E-state index >= 15 is 0 Å². The zero-order valence-corrected chi connectivity index (χ0v) is 6.97. The van der Waals surface area contributed by atoms with Gasteiger partial charge in [-0.25, -0.2) is 0 Å². The summed E-state index contributed by atoms with van der Waals surface area (Å²) in [6.07, 6.45) is 1.68. The Morgan fingerprint density at radius 2 is 2.18 bits per heavy atom. The number of benzene rings is 1. The van der Waals surface area contributed by atoms with Gasteiger partial charge in [-0.1, -0.05) is 29.8 Å². The van der Waals surface area contributed by atoms with Gasteiger partial charge in [-0.05, 0) is 6.07 Å². The molecule has 1 aromatic rings. The molecule has 1 N–H and O–H groups in total. The number of nitrogens with one attached hydrogen (secondary N) is 1. The molecule has 1 rings (SSSR count). The van der Waals surface area contributed by atoms with E-state index in [-0.39, 0.29) is 0 Å². The molecule has 0 fully saturated rings. The van der Waals surface area contributed by atoms with Crippen molar-refractivity contribution in [1.29, 1.82) is 0 Å². The Morgan fingerprint density at radius 3 is 2.82 bits per heavy atom. The smallest absolute Gasteiger partial charge is 0.0555 e. The second-order valence-corrected chi connectivity index (χ2v) is 2.41. The van der Waals surface area contributed by atoms with Gasteiger partial charge in [0.05, 0.1) is 6.21 Å². The number of hydrazone groups is 1. The molecule has 0 radical (unpaired) electrons. The van der Waals surface area contributed by atoms with Gasteiger partial charge >= 0.3 is 0 Å². The first-order valence-corrected chi connectivity index (χ1v) is 3.66. The normalized spacial score (nSPS) is 10.4. The van der Waals surface area contributed by atoms with Gasteiger partial charge in [0.15, 0.2) is 0 Å². The lowest BCUT2D eigenvalue weighted by molar-refractivity contribution is 0.908. The van der Waals surface area contributed by atoms with E-state index in [9.17, 15) is 0 Å². The third-order valence-electron chi connectivity index (χ3n) is 1.24. The van der Waals surface area contributed by atoms with E-state index in [1.807, 2.05) is 24.3 Å². The molecule has 0 aliphatic heterocycles. The van der Waals surface area contributed by atoms with Crippen LogP contribution in [0.3, 0.4) is 0 Å². The Bertz CT molecular complexity index is 258. The standard InChI is InChI=1S/C8H9ClN2/c1-10-11-6-7-4-2-3-5-8(7)9/h2-6,10H,1H3/b11-6+. The van der Waals surface area contributed by atoms with Crippen LogP contribution in [0.5, 0.6) is 0 Å². The van der Waals surface area contributed by atoms with Crippen LogP contribution in [0.4, 0.5) is 0 Å². The van der Waals surface area contributed by atoms with Crippen molar-refractivity contribution in [2.24, 2.45) is 5.10 Å². The van der Waals surface area contributed by atoms with Crippen LogP contribution in [0.2, 0.25) is 5.02 Å². The third kappa shape index (κ3) is 2.24. The summed E-state index contributed by atoms with van der Waals surface area (Å²) in [5.41, 5.74) is 3.57. The van der Waals surface area contributed by atoms with E-state index in [1.54, 1.807) is 13.3 Å². The fourth-order valence-electron chi connectivity index (χ4n) is 0.714. The summed E-state index contributed by atoms with van der Waals surface area (Å²) < 4.78 is 0. The molecule has 0 atom stereocenters. The van der Waals surface area contributed by atoms with Gasteiger partial charge in [0.25, 0.3) is 0 Å². The molecule has 1 aromatic carbocycles. The molecule has 2 nitrogen and oxygen atoms in total. The highest BCUT2D eigenvalue weighted by Crippen LogP contribution is 2.11. The maximum atomic E-state index is 5.84. The Hall–Kier alpha value is -1.02. The molecule has 0 heterocycles. The van der Waals surface area contributed by atoms with Crippen LogP contribution in [-0.4, -0.2) is 13.3 Å². The van der Waals surface area contributed by atoms with E-state index in [0.29, 0.717) is 5.02 Å². The van der Waals surface area contributed by atoms with Crippen LogP contribution < -0.4 is 5.43 Å². The van der Waals surface area contributed by atoms with Crippen LogP contribution in [0.15, 0.2) is 29.4 Å². The minimum atomic E-state index is 0.714. The molecule has 0 saturated heterocycles.